The highest BCUT2D eigenvalue weighted by Gasteiger charge is 2.25. The first-order chi connectivity index (χ1) is 7.54. The molecular formula is C13H26N2O. The zero-order chi connectivity index (χ0) is 12.1. The standard InChI is InChI=1S/C13H26N2O/c1-5-9(2)11(4)15-13(16)12-8-6-7-10(3)14-12/h9-12,14H,5-8H2,1-4H3,(H,15,16). The maximum atomic E-state index is 12.0. The number of carbonyl (C=O) groups excluding carboxylic acids is 1. The van der Waals surface area contributed by atoms with E-state index < -0.39 is 0 Å². The lowest BCUT2D eigenvalue weighted by atomic mass is 9.97. The van der Waals surface area contributed by atoms with Crippen LogP contribution in [0, 0.1) is 5.92 Å². The molecule has 0 aromatic heterocycles. The molecule has 0 saturated carbocycles. The van der Waals surface area contributed by atoms with Crippen molar-refractivity contribution in [2.45, 2.75) is 71.5 Å². The third-order valence-electron chi connectivity index (χ3n) is 3.80. The van der Waals surface area contributed by atoms with E-state index >= 15 is 0 Å². The molecule has 4 unspecified atom stereocenters. The third kappa shape index (κ3) is 3.78. The van der Waals surface area contributed by atoms with Gasteiger partial charge in [-0.1, -0.05) is 20.3 Å². The molecule has 1 saturated heterocycles. The van der Waals surface area contributed by atoms with Crippen molar-refractivity contribution in [1.29, 1.82) is 0 Å². The predicted octanol–water partition coefficient (Wildman–Crippen LogP) is 2.07. The first-order valence-corrected chi connectivity index (χ1v) is 6.61. The minimum absolute atomic E-state index is 0.0234. The number of nitrogens with one attached hydrogen (secondary N) is 2. The summed E-state index contributed by atoms with van der Waals surface area (Å²) >= 11 is 0. The summed E-state index contributed by atoms with van der Waals surface area (Å²) in [7, 11) is 0. The van der Waals surface area contributed by atoms with E-state index in [4.69, 9.17) is 0 Å². The maximum Gasteiger partial charge on any atom is 0.237 e. The van der Waals surface area contributed by atoms with Crippen LogP contribution in [0.15, 0.2) is 0 Å². The van der Waals surface area contributed by atoms with Crippen molar-refractivity contribution in [2.75, 3.05) is 0 Å². The molecule has 1 aliphatic rings. The Kier molecular flexibility index (Phi) is 5.26. The van der Waals surface area contributed by atoms with Crippen LogP contribution in [0.2, 0.25) is 0 Å². The van der Waals surface area contributed by atoms with E-state index in [0.29, 0.717) is 12.0 Å². The lowest BCUT2D eigenvalue weighted by Crippen LogP contribution is -2.52. The number of carbonyl (C=O) groups is 1. The number of amides is 1. The van der Waals surface area contributed by atoms with Gasteiger partial charge in [-0.25, -0.2) is 0 Å². The van der Waals surface area contributed by atoms with Crippen LogP contribution in [-0.2, 0) is 4.79 Å². The highest BCUT2D eigenvalue weighted by molar-refractivity contribution is 5.82. The minimum Gasteiger partial charge on any atom is -0.352 e. The molecule has 0 aliphatic carbocycles. The molecule has 2 N–H and O–H groups in total. The SMILES string of the molecule is CCC(C)C(C)NC(=O)C1CCCC(C)N1. The molecule has 3 nitrogen and oxygen atoms in total. The van der Waals surface area contributed by atoms with Crippen molar-refractivity contribution in [1.82, 2.24) is 10.6 Å². The second kappa shape index (κ2) is 6.24. The van der Waals surface area contributed by atoms with E-state index in [1.54, 1.807) is 0 Å². The van der Waals surface area contributed by atoms with Crippen LogP contribution < -0.4 is 10.6 Å². The average Bonchev–Trinajstić information content (AvgIpc) is 2.27. The summed E-state index contributed by atoms with van der Waals surface area (Å²) < 4.78 is 0. The fourth-order valence-corrected chi connectivity index (χ4v) is 2.17. The fourth-order valence-electron chi connectivity index (χ4n) is 2.17. The zero-order valence-electron chi connectivity index (χ0n) is 11.0. The monoisotopic (exact) mass is 226 g/mol. The van der Waals surface area contributed by atoms with Crippen molar-refractivity contribution in [3.63, 3.8) is 0 Å². The number of hydrogen-bond acceptors (Lipinski definition) is 2. The minimum atomic E-state index is 0.0234. The van der Waals surface area contributed by atoms with E-state index in [0.717, 1.165) is 19.3 Å². The molecule has 94 valence electrons. The van der Waals surface area contributed by atoms with Crippen molar-refractivity contribution >= 4 is 5.91 Å². The largest absolute Gasteiger partial charge is 0.352 e. The van der Waals surface area contributed by atoms with Gasteiger partial charge in [-0.15, -0.1) is 0 Å². The smallest absolute Gasteiger partial charge is 0.237 e. The Bertz CT molecular complexity index is 230. The summed E-state index contributed by atoms with van der Waals surface area (Å²) in [6, 6.07) is 0.773. The quantitative estimate of drug-likeness (QED) is 0.770. The van der Waals surface area contributed by atoms with Crippen LogP contribution in [0.5, 0.6) is 0 Å². The molecule has 4 atom stereocenters. The fraction of sp³-hybridized carbons (Fsp3) is 0.923. The second-order valence-corrected chi connectivity index (χ2v) is 5.23. The van der Waals surface area contributed by atoms with Gasteiger partial charge in [-0.2, -0.15) is 0 Å². The lowest BCUT2D eigenvalue weighted by Gasteiger charge is -2.30. The van der Waals surface area contributed by atoms with Gasteiger partial charge < -0.3 is 10.6 Å². The first-order valence-electron chi connectivity index (χ1n) is 6.61. The van der Waals surface area contributed by atoms with Crippen LogP contribution in [0.1, 0.15) is 53.4 Å². The maximum absolute atomic E-state index is 12.0. The van der Waals surface area contributed by atoms with Crippen LogP contribution in [0.3, 0.4) is 0 Å². The molecule has 0 aromatic rings. The Balaban J connectivity index is 2.39. The summed E-state index contributed by atoms with van der Waals surface area (Å²) in [5.74, 6) is 0.726. The summed E-state index contributed by atoms with van der Waals surface area (Å²) in [6.07, 6.45) is 4.42. The van der Waals surface area contributed by atoms with Crippen molar-refractivity contribution in [3.8, 4) is 0 Å². The third-order valence-corrected chi connectivity index (χ3v) is 3.80. The van der Waals surface area contributed by atoms with Gasteiger partial charge in [-0.3, -0.25) is 4.79 Å². The van der Waals surface area contributed by atoms with Crippen molar-refractivity contribution < 1.29 is 4.79 Å². The summed E-state index contributed by atoms with van der Waals surface area (Å²) in [6.45, 7) is 8.59. The highest BCUT2D eigenvalue weighted by atomic mass is 16.2. The van der Waals surface area contributed by atoms with E-state index in [-0.39, 0.29) is 18.0 Å². The molecule has 0 spiro atoms. The molecule has 0 aromatic carbocycles. The Hall–Kier alpha value is -0.570. The molecule has 0 radical (unpaired) electrons. The molecule has 3 heteroatoms. The van der Waals surface area contributed by atoms with Crippen LogP contribution in [0.25, 0.3) is 0 Å². The van der Waals surface area contributed by atoms with Gasteiger partial charge >= 0.3 is 0 Å². The number of rotatable bonds is 4. The normalized spacial score (nSPS) is 29.5. The van der Waals surface area contributed by atoms with Crippen LogP contribution in [0.4, 0.5) is 0 Å². The van der Waals surface area contributed by atoms with E-state index in [1.807, 2.05) is 0 Å². The molecule has 1 rings (SSSR count). The predicted molar refractivity (Wildman–Crippen MR) is 67.3 cm³/mol. The zero-order valence-corrected chi connectivity index (χ0v) is 11.0. The molecule has 1 heterocycles. The van der Waals surface area contributed by atoms with Gasteiger partial charge in [-0.05, 0) is 39.0 Å². The Morgan fingerprint density at radius 3 is 2.69 bits per heavy atom. The first kappa shape index (κ1) is 13.5. The average molecular weight is 226 g/mol. The van der Waals surface area contributed by atoms with Crippen molar-refractivity contribution in [2.24, 2.45) is 5.92 Å². The van der Waals surface area contributed by atoms with Gasteiger partial charge in [0.1, 0.15) is 0 Å². The molecular weight excluding hydrogens is 200 g/mol. The molecule has 1 fully saturated rings. The number of hydrogen-bond donors (Lipinski definition) is 2. The topological polar surface area (TPSA) is 41.1 Å². The van der Waals surface area contributed by atoms with Gasteiger partial charge in [0, 0.05) is 12.1 Å². The highest BCUT2D eigenvalue weighted by Crippen LogP contribution is 2.13. The summed E-state index contributed by atoms with van der Waals surface area (Å²) in [5.41, 5.74) is 0. The van der Waals surface area contributed by atoms with E-state index in [1.165, 1.54) is 6.42 Å². The van der Waals surface area contributed by atoms with Crippen LogP contribution >= 0.6 is 0 Å². The summed E-state index contributed by atoms with van der Waals surface area (Å²) in [5, 5.41) is 6.49. The molecule has 16 heavy (non-hydrogen) atoms. The van der Waals surface area contributed by atoms with Gasteiger partial charge in [0.2, 0.25) is 5.91 Å². The van der Waals surface area contributed by atoms with Gasteiger partial charge in [0.05, 0.1) is 6.04 Å². The van der Waals surface area contributed by atoms with E-state index in [2.05, 4.69) is 38.3 Å². The summed E-state index contributed by atoms with van der Waals surface area (Å²) in [4.78, 5) is 12.0. The van der Waals surface area contributed by atoms with Gasteiger partial charge in [0.15, 0.2) is 0 Å². The van der Waals surface area contributed by atoms with Crippen LogP contribution in [-0.4, -0.2) is 24.0 Å². The Labute approximate surface area is 99.4 Å². The van der Waals surface area contributed by atoms with Crippen molar-refractivity contribution in [3.05, 3.63) is 0 Å². The lowest BCUT2D eigenvalue weighted by molar-refractivity contribution is -0.124. The van der Waals surface area contributed by atoms with E-state index in [9.17, 15) is 4.79 Å². The molecule has 1 amide bonds. The Morgan fingerprint density at radius 1 is 1.44 bits per heavy atom. The molecule has 1 aliphatic heterocycles. The Morgan fingerprint density at radius 2 is 2.12 bits per heavy atom. The van der Waals surface area contributed by atoms with Gasteiger partial charge in [0.25, 0.3) is 0 Å². The molecule has 0 bridgehead atoms. The second-order valence-electron chi connectivity index (χ2n) is 5.23. The number of piperidine rings is 1.